The van der Waals surface area contributed by atoms with Gasteiger partial charge in [-0.05, 0) is 32.1 Å². The molecular formula is C13H27N3O. The molecule has 2 rings (SSSR count). The molecule has 17 heavy (non-hydrogen) atoms. The lowest BCUT2D eigenvalue weighted by atomic mass is 9.86. The maximum Gasteiger partial charge on any atom is 0.0591 e. The summed E-state index contributed by atoms with van der Waals surface area (Å²) in [5.41, 5.74) is 9.82. The van der Waals surface area contributed by atoms with Gasteiger partial charge in [0.15, 0.2) is 0 Å². The van der Waals surface area contributed by atoms with Crippen molar-refractivity contribution >= 4 is 0 Å². The van der Waals surface area contributed by atoms with Crippen LogP contribution in [0, 0.1) is 0 Å². The molecule has 4 heteroatoms. The van der Waals surface area contributed by atoms with Gasteiger partial charge in [-0.25, -0.2) is 10.4 Å². The average Bonchev–Trinajstić information content (AvgIpc) is 2.40. The first-order chi connectivity index (χ1) is 8.28. The second-order valence-corrected chi connectivity index (χ2v) is 5.50. The number of nitrogens with zero attached hydrogens (tertiary/aromatic N) is 1. The molecule has 0 radical (unpaired) electrons. The van der Waals surface area contributed by atoms with Crippen molar-refractivity contribution < 1.29 is 4.74 Å². The Kier molecular flexibility index (Phi) is 4.79. The van der Waals surface area contributed by atoms with Crippen molar-refractivity contribution in [2.24, 2.45) is 5.73 Å². The quantitative estimate of drug-likeness (QED) is 0.778. The van der Waals surface area contributed by atoms with Gasteiger partial charge < -0.3 is 10.5 Å². The zero-order chi connectivity index (χ0) is 12.1. The summed E-state index contributed by atoms with van der Waals surface area (Å²) in [6.07, 6.45) is 7.54. The van der Waals surface area contributed by atoms with Crippen LogP contribution in [0.4, 0.5) is 0 Å². The highest BCUT2D eigenvalue weighted by atomic mass is 16.5. The largest absolute Gasteiger partial charge is 0.378 e. The van der Waals surface area contributed by atoms with Crippen molar-refractivity contribution in [3.8, 4) is 0 Å². The number of piperidine rings is 1. The second-order valence-electron chi connectivity index (χ2n) is 5.50. The number of hydrogen-bond donors (Lipinski definition) is 2. The van der Waals surface area contributed by atoms with Gasteiger partial charge in [0.05, 0.1) is 6.10 Å². The van der Waals surface area contributed by atoms with Crippen LogP contribution in [0.1, 0.15) is 45.4 Å². The van der Waals surface area contributed by atoms with E-state index < -0.39 is 0 Å². The van der Waals surface area contributed by atoms with Crippen LogP contribution in [0.3, 0.4) is 0 Å². The summed E-state index contributed by atoms with van der Waals surface area (Å²) in [5, 5.41) is 2.38. The van der Waals surface area contributed by atoms with Gasteiger partial charge in [0.2, 0.25) is 0 Å². The third kappa shape index (κ3) is 3.41. The summed E-state index contributed by atoms with van der Waals surface area (Å²) in [5.74, 6) is 0. The van der Waals surface area contributed by atoms with Gasteiger partial charge in [0.25, 0.3) is 0 Å². The Morgan fingerprint density at radius 1 is 1.35 bits per heavy atom. The van der Waals surface area contributed by atoms with E-state index in [1.165, 1.54) is 32.4 Å². The minimum absolute atomic E-state index is 0.0796. The van der Waals surface area contributed by atoms with Crippen molar-refractivity contribution in [2.75, 3.05) is 26.2 Å². The molecule has 0 bridgehead atoms. The summed E-state index contributed by atoms with van der Waals surface area (Å²) >= 11 is 0. The Morgan fingerprint density at radius 3 is 2.76 bits per heavy atom. The highest BCUT2D eigenvalue weighted by Gasteiger charge is 2.36. The van der Waals surface area contributed by atoms with E-state index in [-0.39, 0.29) is 5.54 Å². The molecule has 4 nitrogen and oxygen atoms in total. The molecule has 0 aliphatic carbocycles. The van der Waals surface area contributed by atoms with Crippen molar-refractivity contribution in [2.45, 2.75) is 57.1 Å². The first kappa shape index (κ1) is 13.3. The van der Waals surface area contributed by atoms with E-state index >= 15 is 0 Å². The monoisotopic (exact) mass is 241 g/mol. The molecule has 2 unspecified atom stereocenters. The molecule has 2 saturated heterocycles. The molecule has 0 amide bonds. The molecule has 0 aromatic carbocycles. The highest BCUT2D eigenvalue weighted by Crippen LogP contribution is 2.26. The van der Waals surface area contributed by atoms with E-state index in [4.69, 9.17) is 10.5 Å². The van der Waals surface area contributed by atoms with Crippen LogP contribution in [-0.2, 0) is 4.74 Å². The Hall–Kier alpha value is -0.160. The van der Waals surface area contributed by atoms with Crippen LogP contribution in [0.5, 0.6) is 0 Å². The third-order valence-corrected chi connectivity index (χ3v) is 4.15. The van der Waals surface area contributed by atoms with Crippen LogP contribution in [0.25, 0.3) is 0 Å². The Morgan fingerprint density at radius 2 is 2.12 bits per heavy atom. The SMILES string of the molecule is CCC1CC(CN)(NN2CCCCC2)CCO1. The number of nitrogens with two attached hydrogens (primary N) is 1. The Labute approximate surface area is 105 Å². The van der Waals surface area contributed by atoms with Gasteiger partial charge >= 0.3 is 0 Å². The van der Waals surface area contributed by atoms with Crippen molar-refractivity contribution in [1.29, 1.82) is 0 Å². The maximum absolute atomic E-state index is 6.03. The smallest absolute Gasteiger partial charge is 0.0591 e. The van der Waals surface area contributed by atoms with E-state index in [0.717, 1.165) is 25.9 Å². The summed E-state index contributed by atoms with van der Waals surface area (Å²) in [6.45, 7) is 6.08. The van der Waals surface area contributed by atoms with Crippen molar-refractivity contribution in [3.05, 3.63) is 0 Å². The highest BCUT2D eigenvalue weighted by molar-refractivity contribution is 4.93. The molecule has 0 aromatic rings. The lowest BCUT2D eigenvalue weighted by molar-refractivity contribution is -0.0542. The van der Waals surface area contributed by atoms with E-state index in [2.05, 4.69) is 17.4 Å². The van der Waals surface area contributed by atoms with Gasteiger partial charge in [-0.1, -0.05) is 13.3 Å². The average molecular weight is 241 g/mol. The Bertz CT molecular complexity index is 231. The molecule has 2 heterocycles. The number of hydrogen-bond acceptors (Lipinski definition) is 4. The van der Waals surface area contributed by atoms with Crippen LogP contribution in [0.15, 0.2) is 0 Å². The lowest BCUT2D eigenvalue weighted by Crippen LogP contribution is -2.62. The van der Waals surface area contributed by atoms with E-state index in [9.17, 15) is 0 Å². The molecule has 0 saturated carbocycles. The fourth-order valence-corrected chi connectivity index (χ4v) is 2.95. The second kappa shape index (κ2) is 6.14. The fraction of sp³-hybridized carbons (Fsp3) is 1.00. The molecule has 2 fully saturated rings. The zero-order valence-corrected chi connectivity index (χ0v) is 11.1. The minimum atomic E-state index is 0.0796. The van der Waals surface area contributed by atoms with Gasteiger partial charge in [-0.15, -0.1) is 0 Å². The Balaban J connectivity index is 1.92. The normalized spacial score (nSPS) is 36.0. The van der Waals surface area contributed by atoms with Crippen LogP contribution in [0.2, 0.25) is 0 Å². The number of hydrazine groups is 1. The number of ether oxygens (including phenoxy) is 1. The van der Waals surface area contributed by atoms with Gasteiger partial charge in [0.1, 0.15) is 0 Å². The lowest BCUT2D eigenvalue weighted by Gasteiger charge is -2.44. The molecule has 100 valence electrons. The van der Waals surface area contributed by atoms with Crippen LogP contribution < -0.4 is 11.2 Å². The first-order valence-corrected chi connectivity index (χ1v) is 7.12. The first-order valence-electron chi connectivity index (χ1n) is 7.12. The van der Waals surface area contributed by atoms with Crippen LogP contribution in [-0.4, -0.2) is 42.9 Å². The van der Waals surface area contributed by atoms with Gasteiger partial charge in [-0.3, -0.25) is 0 Å². The molecule has 2 aliphatic rings. The molecule has 3 N–H and O–H groups in total. The molecule has 2 atom stereocenters. The topological polar surface area (TPSA) is 50.5 Å². The van der Waals surface area contributed by atoms with Crippen molar-refractivity contribution in [1.82, 2.24) is 10.4 Å². The summed E-state index contributed by atoms with van der Waals surface area (Å²) < 4.78 is 5.76. The standard InChI is InChI=1S/C13H27N3O/c1-2-12-10-13(11-14,6-9-17-12)15-16-7-4-3-5-8-16/h12,15H,2-11,14H2,1H3. The predicted octanol–water partition coefficient (Wildman–Crippen LogP) is 1.26. The van der Waals surface area contributed by atoms with Gasteiger partial charge in [0, 0.05) is 31.8 Å². The zero-order valence-electron chi connectivity index (χ0n) is 11.1. The van der Waals surface area contributed by atoms with E-state index in [1.54, 1.807) is 0 Å². The summed E-state index contributed by atoms with van der Waals surface area (Å²) in [4.78, 5) is 0. The molecule has 0 aromatic heterocycles. The fourth-order valence-electron chi connectivity index (χ4n) is 2.95. The predicted molar refractivity (Wildman–Crippen MR) is 69.6 cm³/mol. The maximum atomic E-state index is 6.03. The van der Waals surface area contributed by atoms with E-state index in [1.807, 2.05) is 0 Å². The van der Waals surface area contributed by atoms with Crippen LogP contribution >= 0.6 is 0 Å². The van der Waals surface area contributed by atoms with E-state index in [0.29, 0.717) is 12.6 Å². The molecular weight excluding hydrogens is 214 g/mol. The minimum Gasteiger partial charge on any atom is -0.378 e. The van der Waals surface area contributed by atoms with Gasteiger partial charge in [-0.2, -0.15) is 0 Å². The molecule has 0 spiro atoms. The summed E-state index contributed by atoms with van der Waals surface area (Å²) in [7, 11) is 0. The van der Waals surface area contributed by atoms with Crippen molar-refractivity contribution in [3.63, 3.8) is 0 Å². The number of rotatable bonds is 4. The summed E-state index contributed by atoms with van der Waals surface area (Å²) in [6, 6.07) is 0. The molecule has 2 aliphatic heterocycles. The third-order valence-electron chi connectivity index (χ3n) is 4.15. The number of nitrogens with one attached hydrogen (secondary N) is 1.